The molecule has 0 radical (unpaired) electrons. The van der Waals surface area contributed by atoms with Crippen molar-refractivity contribution in [1.82, 2.24) is 4.72 Å². The SMILES string of the molecule is CC1(C)C2CCC1[C@@H]1NS(=O)(=O)C[C@H]21. The van der Waals surface area contributed by atoms with Crippen molar-refractivity contribution in [1.29, 1.82) is 0 Å². The van der Waals surface area contributed by atoms with Crippen LogP contribution in [0.25, 0.3) is 0 Å². The first-order valence-electron chi connectivity index (χ1n) is 5.42. The molecule has 0 amide bonds. The Balaban J connectivity index is 2.01. The van der Waals surface area contributed by atoms with Crippen molar-refractivity contribution in [2.45, 2.75) is 32.7 Å². The molecule has 0 aromatic rings. The van der Waals surface area contributed by atoms with Crippen molar-refractivity contribution in [2.75, 3.05) is 5.75 Å². The highest BCUT2D eigenvalue weighted by Crippen LogP contribution is 2.61. The predicted molar refractivity (Wildman–Crippen MR) is 54.2 cm³/mol. The highest BCUT2D eigenvalue weighted by atomic mass is 32.2. The molecule has 4 heteroatoms. The van der Waals surface area contributed by atoms with Crippen LogP contribution in [0.2, 0.25) is 0 Å². The molecule has 0 aromatic heterocycles. The smallest absolute Gasteiger partial charge is 0.212 e. The van der Waals surface area contributed by atoms with E-state index in [1.165, 1.54) is 12.8 Å². The minimum Gasteiger partial charge on any atom is -0.212 e. The molecule has 3 fully saturated rings. The Labute approximate surface area is 85.3 Å². The van der Waals surface area contributed by atoms with Gasteiger partial charge >= 0.3 is 0 Å². The summed E-state index contributed by atoms with van der Waals surface area (Å²) in [6, 6.07) is 0.258. The minimum atomic E-state index is -2.93. The maximum atomic E-state index is 11.5. The summed E-state index contributed by atoms with van der Waals surface area (Å²) in [5.41, 5.74) is 0.359. The summed E-state index contributed by atoms with van der Waals surface area (Å²) in [5.74, 6) is 1.98. The van der Waals surface area contributed by atoms with Gasteiger partial charge in [-0.2, -0.15) is 0 Å². The van der Waals surface area contributed by atoms with Crippen LogP contribution in [0.1, 0.15) is 26.7 Å². The third-order valence-electron chi connectivity index (χ3n) is 4.84. The number of nitrogens with one attached hydrogen (secondary N) is 1. The van der Waals surface area contributed by atoms with Gasteiger partial charge in [0, 0.05) is 6.04 Å². The van der Waals surface area contributed by atoms with E-state index in [1.54, 1.807) is 0 Å². The number of fused-ring (bicyclic) bond motifs is 5. The number of sulfonamides is 1. The summed E-state index contributed by atoms with van der Waals surface area (Å²) >= 11 is 0. The second kappa shape index (κ2) is 2.35. The molecule has 1 aliphatic heterocycles. The van der Waals surface area contributed by atoms with Crippen LogP contribution in [0, 0.1) is 23.2 Å². The van der Waals surface area contributed by atoms with Crippen LogP contribution in [0.15, 0.2) is 0 Å². The molecule has 80 valence electrons. The van der Waals surface area contributed by atoms with Gasteiger partial charge in [0.25, 0.3) is 0 Å². The van der Waals surface area contributed by atoms with Crippen LogP contribution < -0.4 is 4.72 Å². The second-order valence-corrected chi connectivity index (χ2v) is 7.50. The average Bonchev–Trinajstić information content (AvgIpc) is 2.54. The fourth-order valence-electron chi connectivity index (χ4n) is 4.23. The maximum absolute atomic E-state index is 11.5. The lowest BCUT2D eigenvalue weighted by molar-refractivity contribution is 0.240. The van der Waals surface area contributed by atoms with E-state index in [0.29, 0.717) is 28.9 Å². The van der Waals surface area contributed by atoms with Crippen molar-refractivity contribution in [3.63, 3.8) is 0 Å². The fraction of sp³-hybridized carbons (Fsp3) is 1.00. The average molecular weight is 215 g/mol. The zero-order chi connectivity index (χ0) is 10.1. The summed E-state index contributed by atoms with van der Waals surface area (Å²) in [5, 5.41) is 0. The van der Waals surface area contributed by atoms with Gasteiger partial charge in [-0.15, -0.1) is 0 Å². The van der Waals surface area contributed by atoms with Gasteiger partial charge in [-0.3, -0.25) is 0 Å². The highest BCUT2D eigenvalue weighted by Gasteiger charge is 2.62. The monoisotopic (exact) mass is 215 g/mol. The van der Waals surface area contributed by atoms with E-state index in [2.05, 4.69) is 18.6 Å². The van der Waals surface area contributed by atoms with Crippen LogP contribution >= 0.6 is 0 Å². The Morgan fingerprint density at radius 1 is 1.21 bits per heavy atom. The van der Waals surface area contributed by atoms with Crippen molar-refractivity contribution < 1.29 is 8.42 Å². The molecule has 2 unspecified atom stereocenters. The topological polar surface area (TPSA) is 46.2 Å². The van der Waals surface area contributed by atoms with Gasteiger partial charge in [0.2, 0.25) is 10.0 Å². The third-order valence-corrected chi connectivity index (χ3v) is 6.29. The zero-order valence-corrected chi connectivity index (χ0v) is 9.47. The summed E-state index contributed by atoms with van der Waals surface area (Å²) < 4.78 is 25.8. The molecule has 3 rings (SSSR count). The number of hydrogen-bond donors (Lipinski definition) is 1. The molecule has 1 saturated heterocycles. The quantitative estimate of drug-likeness (QED) is 0.654. The lowest BCUT2D eigenvalue weighted by atomic mass is 9.80. The van der Waals surface area contributed by atoms with E-state index < -0.39 is 10.0 Å². The second-order valence-electron chi connectivity index (χ2n) is 5.70. The van der Waals surface area contributed by atoms with Gasteiger partial charge in [0.05, 0.1) is 5.75 Å². The standard InChI is InChI=1S/C10H17NO2S/c1-10(2)7-3-4-8(10)9-6(7)5-14(12,13)11-9/h6-9,11H,3-5H2,1-2H3/t6-,7?,8?,9-/m1/s1. The van der Waals surface area contributed by atoms with Crippen molar-refractivity contribution in [3.8, 4) is 0 Å². The molecular weight excluding hydrogens is 198 g/mol. The Morgan fingerprint density at radius 3 is 2.50 bits per heavy atom. The third kappa shape index (κ3) is 0.936. The van der Waals surface area contributed by atoms with E-state index in [4.69, 9.17) is 0 Å². The molecule has 4 atom stereocenters. The Kier molecular flexibility index (Phi) is 1.54. The molecule has 3 aliphatic rings. The summed E-state index contributed by atoms with van der Waals surface area (Å²) in [4.78, 5) is 0. The summed E-state index contributed by atoms with van der Waals surface area (Å²) in [6.45, 7) is 4.61. The van der Waals surface area contributed by atoms with Gasteiger partial charge in [-0.1, -0.05) is 13.8 Å². The van der Waals surface area contributed by atoms with Gasteiger partial charge in [0.1, 0.15) is 0 Å². The van der Waals surface area contributed by atoms with E-state index >= 15 is 0 Å². The Bertz CT molecular complexity index is 346. The normalized spacial score (nSPS) is 52.1. The van der Waals surface area contributed by atoms with Gasteiger partial charge in [-0.05, 0) is 36.0 Å². The molecular formula is C10H17NO2S. The Morgan fingerprint density at radius 2 is 1.86 bits per heavy atom. The van der Waals surface area contributed by atoms with Gasteiger partial charge in [0.15, 0.2) is 0 Å². The van der Waals surface area contributed by atoms with E-state index in [-0.39, 0.29) is 6.04 Å². The van der Waals surface area contributed by atoms with Crippen LogP contribution in [0.5, 0.6) is 0 Å². The first-order chi connectivity index (χ1) is 6.42. The number of rotatable bonds is 0. The van der Waals surface area contributed by atoms with Crippen molar-refractivity contribution >= 4 is 10.0 Å². The number of hydrogen-bond acceptors (Lipinski definition) is 2. The molecule has 3 nitrogen and oxygen atoms in total. The molecule has 1 heterocycles. The molecule has 1 N–H and O–H groups in total. The first-order valence-corrected chi connectivity index (χ1v) is 7.07. The zero-order valence-electron chi connectivity index (χ0n) is 8.66. The lowest BCUT2D eigenvalue weighted by Crippen LogP contribution is -2.35. The van der Waals surface area contributed by atoms with Crippen LogP contribution in [-0.2, 0) is 10.0 Å². The van der Waals surface area contributed by atoms with Crippen LogP contribution in [0.4, 0.5) is 0 Å². The summed E-state index contributed by atoms with van der Waals surface area (Å²) in [6.07, 6.45) is 2.44. The molecule has 2 bridgehead atoms. The van der Waals surface area contributed by atoms with Crippen LogP contribution in [0.3, 0.4) is 0 Å². The summed E-state index contributed by atoms with van der Waals surface area (Å²) in [7, 11) is -2.93. The van der Waals surface area contributed by atoms with E-state index in [9.17, 15) is 8.42 Å². The Hall–Kier alpha value is -0.0900. The van der Waals surface area contributed by atoms with Crippen molar-refractivity contribution in [2.24, 2.45) is 23.2 Å². The molecule has 0 spiro atoms. The minimum absolute atomic E-state index is 0.258. The molecule has 2 saturated carbocycles. The van der Waals surface area contributed by atoms with Crippen LogP contribution in [-0.4, -0.2) is 20.2 Å². The van der Waals surface area contributed by atoms with E-state index in [1.807, 2.05) is 0 Å². The maximum Gasteiger partial charge on any atom is 0.212 e. The largest absolute Gasteiger partial charge is 0.212 e. The molecule has 2 aliphatic carbocycles. The van der Waals surface area contributed by atoms with Gasteiger partial charge in [-0.25, -0.2) is 13.1 Å². The fourth-order valence-corrected chi connectivity index (χ4v) is 6.03. The lowest BCUT2D eigenvalue weighted by Gasteiger charge is -2.26. The molecule has 0 aromatic carbocycles. The van der Waals surface area contributed by atoms with Crippen molar-refractivity contribution in [3.05, 3.63) is 0 Å². The predicted octanol–water partition coefficient (Wildman–Crippen LogP) is 0.970. The molecule has 14 heavy (non-hydrogen) atoms. The van der Waals surface area contributed by atoms with Gasteiger partial charge < -0.3 is 0 Å². The first kappa shape index (κ1) is 9.16. The highest BCUT2D eigenvalue weighted by molar-refractivity contribution is 7.89. The van der Waals surface area contributed by atoms with E-state index in [0.717, 1.165) is 0 Å².